The molecule has 0 unspecified atom stereocenters. The van der Waals surface area contributed by atoms with E-state index in [9.17, 15) is 13.2 Å². The van der Waals surface area contributed by atoms with Crippen LogP contribution in [0.15, 0.2) is 23.1 Å². The van der Waals surface area contributed by atoms with Crippen molar-refractivity contribution in [1.29, 1.82) is 0 Å². The van der Waals surface area contributed by atoms with Crippen LogP contribution in [0, 0.1) is 5.92 Å². The quantitative estimate of drug-likeness (QED) is 0.779. The van der Waals surface area contributed by atoms with Gasteiger partial charge in [0.25, 0.3) is 9.05 Å². The van der Waals surface area contributed by atoms with Crippen LogP contribution in [0.4, 0.5) is 0 Å². The Balaban J connectivity index is 2.94. The molecule has 7 heteroatoms. The summed E-state index contributed by atoms with van der Waals surface area (Å²) in [6, 6.07) is 4.30. The van der Waals surface area contributed by atoms with E-state index in [4.69, 9.17) is 15.4 Å². The summed E-state index contributed by atoms with van der Waals surface area (Å²) in [7, 11) is 3.00. The van der Waals surface area contributed by atoms with Gasteiger partial charge in [0, 0.05) is 28.7 Å². The van der Waals surface area contributed by atoms with Crippen LogP contribution < -0.4 is 10.1 Å². The molecule has 0 radical (unpaired) electrons. The first-order valence-corrected chi connectivity index (χ1v) is 9.03. The van der Waals surface area contributed by atoms with Crippen LogP contribution in [0.25, 0.3) is 0 Å². The third-order valence-corrected chi connectivity index (χ3v) is 4.69. The normalized spacial score (nSPS) is 11.5. The summed E-state index contributed by atoms with van der Waals surface area (Å²) < 4.78 is 27.9. The summed E-state index contributed by atoms with van der Waals surface area (Å²) in [6.07, 6.45) is 1.52. The van der Waals surface area contributed by atoms with Gasteiger partial charge in [-0.3, -0.25) is 4.79 Å². The van der Waals surface area contributed by atoms with E-state index in [0.717, 1.165) is 12.8 Å². The number of rotatable bonds is 7. The van der Waals surface area contributed by atoms with Gasteiger partial charge in [-0.25, -0.2) is 8.42 Å². The predicted molar refractivity (Wildman–Crippen MR) is 82.0 cm³/mol. The highest BCUT2D eigenvalue weighted by atomic mass is 35.7. The maximum atomic E-state index is 12.0. The van der Waals surface area contributed by atoms with Gasteiger partial charge in [-0.05, 0) is 31.0 Å². The molecule has 5 nitrogen and oxygen atoms in total. The molecule has 0 heterocycles. The fourth-order valence-electron chi connectivity index (χ4n) is 2.03. The zero-order valence-corrected chi connectivity index (χ0v) is 13.9. The Morgan fingerprint density at radius 1 is 1.33 bits per heavy atom. The second kappa shape index (κ2) is 7.66. The summed E-state index contributed by atoms with van der Waals surface area (Å²) in [5, 5.41) is 2.80. The second-order valence-corrected chi connectivity index (χ2v) is 7.21. The van der Waals surface area contributed by atoms with Gasteiger partial charge in [0.05, 0.1) is 12.0 Å². The van der Waals surface area contributed by atoms with Gasteiger partial charge in [-0.15, -0.1) is 0 Å². The van der Waals surface area contributed by atoms with Crippen molar-refractivity contribution in [1.82, 2.24) is 5.32 Å². The number of hydrogen-bond acceptors (Lipinski definition) is 4. The Labute approximate surface area is 130 Å². The Kier molecular flexibility index (Phi) is 6.48. The molecule has 1 rings (SSSR count). The summed E-state index contributed by atoms with van der Waals surface area (Å²) in [5.74, 6) is 0.404. The van der Waals surface area contributed by atoms with Crippen LogP contribution in [-0.2, 0) is 20.4 Å². The lowest BCUT2D eigenvalue weighted by Crippen LogP contribution is -2.29. The number of hydrogen-bond donors (Lipinski definition) is 1. The summed E-state index contributed by atoms with van der Waals surface area (Å²) >= 11 is 0. The average molecular weight is 334 g/mol. The van der Waals surface area contributed by atoms with Crippen molar-refractivity contribution >= 4 is 25.6 Å². The van der Waals surface area contributed by atoms with E-state index < -0.39 is 9.05 Å². The molecule has 0 aromatic heterocycles. The Morgan fingerprint density at radius 3 is 2.43 bits per heavy atom. The monoisotopic (exact) mass is 333 g/mol. The number of halogens is 1. The van der Waals surface area contributed by atoms with E-state index in [1.165, 1.54) is 25.3 Å². The van der Waals surface area contributed by atoms with E-state index >= 15 is 0 Å². The first-order chi connectivity index (χ1) is 9.83. The largest absolute Gasteiger partial charge is 0.496 e. The van der Waals surface area contributed by atoms with Crippen LogP contribution in [0.3, 0.4) is 0 Å². The maximum Gasteiger partial charge on any atom is 0.261 e. The molecule has 0 aliphatic carbocycles. The van der Waals surface area contributed by atoms with Crippen molar-refractivity contribution in [2.45, 2.75) is 38.1 Å². The number of amides is 1. The standard InChI is InChI=1S/C14H20ClNO4S/c1-4-10(5-2)14(17)16-9-11-8-12(21(15,18)19)6-7-13(11)20-3/h6-8,10H,4-5,9H2,1-3H3,(H,16,17). The van der Waals surface area contributed by atoms with E-state index in [1.807, 2.05) is 13.8 Å². The lowest BCUT2D eigenvalue weighted by Gasteiger charge is -2.14. The second-order valence-electron chi connectivity index (χ2n) is 4.64. The minimum absolute atomic E-state index is 0.0169. The number of ether oxygens (including phenoxy) is 1. The molecule has 118 valence electrons. The molecule has 1 amide bonds. The first-order valence-electron chi connectivity index (χ1n) is 6.72. The number of benzene rings is 1. The third-order valence-electron chi connectivity index (χ3n) is 3.34. The van der Waals surface area contributed by atoms with E-state index in [2.05, 4.69) is 5.32 Å². The van der Waals surface area contributed by atoms with Crippen LogP contribution >= 0.6 is 10.7 Å². The van der Waals surface area contributed by atoms with Gasteiger partial charge in [0.2, 0.25) is 5.91 Å². The highest BCUT2D eigenvalue weighted by Gasteiger charge is 2.16. The average Bonchev–Trinajstić information content (AvgIpc) is 2.45. The van der Waals surface area contributed by atoms with Gasteiger partial charge in [0.1, 0.15) is 5.75 Å². The van der Waals surface area contributed by atoms with Crippen LogP contribution in [0.5, 0.6) is 5.75 Å². The number of methoxy groups -OCH3 is 1. The van der Waals surface area contributed by atoms with E-state index in [0.29, 0.717) is 11.3 Å². The zero-order chi connectivity index (χ0) is 16.0. The molecule has 1 N–H and O–H groups in total. The molecule has 1 aromatic carbocycles. The van der Waals surface area contributed by atoms with Gasteiger partial charge in [0.15, 0.2) is 0 Å². The van der Waals surface area contributed by atoms with Crippen molar-refractivity contribution in [3.05, 3.63) is 23.8 Å². The Morgan fingerprint density at radius 2 is 1.95 bits per heavy atom. The van der Waals surface area contributed by atoms with Gasteiger partial charge in [-0.2, -0.15) is 0 Å². The Hall–Kier alpha value is -1.27. The number of nitrogens with one attached hydrogen (secondary N) is 1. The molecule has 21 heavy (non-hydrogen) atoms. The van der Waals surface area contributed by atoms with Crippen molar-refractivity contribution in [2.75, 3.05) is 7.11 Å². The minimum atomic E-state index is -3.81. The van der Waals surface area contributed by atoms with Gasteiger partial charge < -0.3 is 10.1 Å². The molecule has 0 bridgehead atoms. The van der Waals surface area contributed by atoms with Crippen molar-refractivity contribution in [3.63, 3.8) is 0 Å². The Bertz CT molecular complexity index is 597. The molecule has 0 saturated carbocycles. The van der Waals surface area contributed by atoms with E-state index in [1.54, 1.807) is 0 Å². The highest BCUT2D eigenvalue weighted by molar-refractivity contribution is 8.13. The van der Waals surface area contributed by atoms with Gasteiger partial charge >= 0.3 is 0 Å². The van der Waals surface area contributed by atoms with Gasteiger partial charge in [-0.1, -0.05) is 13.8 Å². The smallest absolute Gasteiger partial charge is 0.261 e. The predicted octanol–water partition coefficient (Wildman–Crippen LogP) is 2.68. The maximum absolute atomic E-state index is 12.0. The molecular weight excluding hydrogens is 314 g/mol. The number of carbonyl (C=O) groups excluding carboxylic acids is 1. The van der Waals surface area contributed by atoms with Crippen LogP contribution in [0.1, 0.15) is 32.3 Å². The molecule has 0 saturated heterocycles. The SMILES string of the molecule is CCC(CC)C(=O)NCc1cc(S(=O)(=O)Cl)ccc1OC. The fraction of sp³-hybridized carbons (Fsp3) is 0.500. The number of carbonyl (C=O) groups is 1. The molecule has 0 spiro atoms. The fourth-order valence-corrected chi connectivity index (χ4v) is 2.83. The molecular formula is C14H20ClNO4S. The first kappa shape index (κ1) is 17.8. The molecule has 0 fully saturated rings. The molecule has 0 aliphatic heterocycles. The lowest BCUT2D eigenvalue weighted by molar-refractivity contribution is -0.125. The van der Waals surface area contributed by atoms with Crippen LogP contribution in [-0.4, -0.2) is 21.4 Å². The molecule has 0 aliphatic rings. The lowest BCUT2D eigenvalue weighted by atomic mass is 10.0. The summed E-state index contributed by atoms with van der Waals surface area (Å²) in [5.41, 5.74) is 0.568. The van der Waals surface area contributed by atoms with Crippen molar-refractivity contribution in [2.24, 2.45) is 5.92 Å². The summed E-state index contributed by atoms with van der Waals surface area (Å²) in [6.45, 7) is 4.10. The van der Waals surface area contributed by atoms with Crippen molar-refractivity contribution in [3.8, 4) is 5.75 Å². The van der Waals surface area contributed by atoms with Crippen LogP contribution in [0.2, 0.25) is 0 Å². The minimum Gasteiger partial charge on any atom is -0.496 e. The van der Waals surface area contributed by atoms with Crippen molar-refractivity contribution < 1.29 is 17.9 Å². The topological polar surface area (TPSA) is 72.5 Å². The third kappa shape index (κ3) is 4.89. The van der Waals surface area contributed by atoms with E-state index in [-0.39, 0.29) is 23.3 Å². The molecule has 0 atom stereocenters. The highest BCUT2D eigenvalue weighted by Crippen LogP contribution is 2.24. The molecule has 1 aromatic rings. The summed E-state index contributed by atoms with van der Waals surface area (Å²) in [4.78, 5) is 11.9. The zero-order valence-electron chi connectivity index (χ0n) is 12.3.